The van der Waals surface area contributed by atoms with Crippen LogP contribution in [0.25, 0.3) is 11.0 Å². The van der Waals surface area contributed by atoms with E-state index in [0.29, 0.717) is 28.8 Å². The van der Waals surface area contributed by atoms with Crippen molar-refractivity contribution < 1.29 is 14.3 Å². The lowest BCUT2D eigenvalue weighted by molar-refractivity contribution is 0.0694. The van der Waals surface area contributed by atoms with Gasteiger partial charge in [0.25, 0.3) is 0 Å². The average molecular weight is 274 g/mol. The Hall–Kier alpha value is -1.85. The standard InChI is InChI=1S/C15H18N2O3/c18-15(19)14-11-4-1-2-5-12(11)20-13(14)10-17-8-3-6-16-7-9-17/h1-2,4-5,16H,3,6-10H2,(H,18,19). The number of carbonyl (C=O) groups is 1. The Morgan fingerprint density at radius 2 is 2.15 bits per heavy atom. The summed E-state index contributed by atoms with van der Waals surface area (Å²) in [6.07, 6.45) is 1.07. The fourth-order valence-corrected chi connectivity index (χ4v) is 2.70. The predicted octanol–water partition coefficient (Wildman–Crippen LogP) is 1.93. The van der Waals surface area contributed by atoms with E-state index in [2.05, 4.69) is 10.2 Å². The van der Waals surface area contributed by atoms with Crippen LogP contribution >= 0.6 is 0 Å². The quantitative estimate of drug-likeness (QED) is 0.895. The van der Waals surface area contributed by atoms with E-state index in [1.807, 2.05) is 18.2 Å². The van der Waals surface area contributed by atoms with E-state index in [9.17, 15) is 9.90 Å². The van der Waals surface area contributed by atoms with Crippen LogP contribution in [-0.2, 0) is 6.54 Å². The highest BCUT2D eigenvalue weighted by molar-refractivity contribution is 6.03. The van der Waals surface area contributed by atoms with E-state index in [-0.39, 0.29) is 0 Å². The van der Waals surface area contributed by atoms with Crippen LogP contribution in [0.4, 0.5) is 0 Å². The van der Waals surface area contributed by atoms with Crippen LogP contribution in [0.15, 0.2) is 28.7 Å². The SMILES string of the molecule is O=C(O)c1c(CN2CCCNCC2)oc2ccccc12. The zero-order valence-corrected chi connectivity index (χ0v) is 11.3. The van der Waals surface area contributed by atoms with Crippen molar-refractivity contribution in [1.82, 2.24) is 10.2 Å². The third-order valence-electron chi connectivity index (χ3n) is 3.68. The molecule has 0 saturated carbocycles. The molecule has 2 heterocycles. The molecule has 0 unspecified atom stereocenters. The summed E-state index contributed by atoms with van der Waals surface area (Å²) in [6.45, 7) is 4.38. The van der Waals surface area contributed by atoms with E-state index in [0.717, 1.165) is 32.6 Å². The van der Waals surface area contributed by atoms with E-state index in [4.69, 9.17) is 4.42 Å². The van der Waals surface area contributed by atoms with Crippen LogP contribution in [0.5, 0.6) is 0 Å². The van der Waals surface area contributed by atoms with Crippen molar-refractivity contribution in [3.05, 3.63) is 35.6 Å². The Morgan fingerprint density at radius 1 is 1.30 bits per heavy atom. The van der Waals surface area contributed by atoms with Gasteiger partial charge in [0.2, 0.25) is 0 Å². The number of hydrogen-bond donors (Lipinski definition) is 2. The molecule has 3 rings (SSSR count). The zero-order valence-electron chi connectivity index (χ0n) is 11.3. The Bertz CT molecular complexity index is 613. The lowest BCUT2D eigenvalue weighted by Crippen LogP contribution is -2.28. The number of aromatic carboxylic acids is 1. The number of nitrogens with zero attached hydrogens (tertiary/aromatic N) is 1. The van der Waals surface area contributed by atoms with Gasteiger partial charge in [-0.3, -0.25) is 4.90 Å². The fraction of sp³-hybridized carbons (Fsp3) is 0.400. The number of furan rings is 1. The summed E-state index contributed by atoms with van der Waals surface area (Å²) < 4.78 is 5.76. The van der Waals surface area contributed by atoms with Crippen LogP contribution in [0.1, 0.15) is 22.5 Å². The number of hydrogen-bond acceptors (Lipinski definition) is 4. The number of benzene rings is 1. The first-order valence-electron chi connectivity index (χ1n) is 6.92. The largest absolute Gasteiger partial charge is 0.478 e. The van der Waals surface area contributed by atoms with Crippen molar-refractivity contribution in [2.24, 2.45) is 0 Å². The molecule has 1 fully saturated rings. The summed E-state index contributed by atoms with van der Waals surface area (Å²) in [5.41, 5.74) is 0.950. The molecule has 1 saturated heterocycles. The van der Waals surface area contributed by atoms with Gasteiger partial charge in [-0.25, -0.2) is 4.79 Å². The third-order valence-corrected chi connectivity index (χ3v) is 3.68. The first kappa shape index (κ1) is 13.1. The topological polar surface area (TPSA) is 65.7 Å². The molecule has 0 aliphatic carbocycles. The number of rotatable bonds is 3. The van der Waals surface area contributed by atoms with Crippen LogP contribution in [-0.4, -0.2) is 42.2 Å². The summed E-state index contributed by atoms with van der Waals surface area (Å²) in [6, 6.07) is 7.31. The Morgan fingerprint density at radius 3 is 3.00 bits per heavy atom. The molecule has 1 aromatic heterocycles. The molecule has 0 amide bonds. The summed E-state index contributed by atoms with van der Waals surface area (Å²) in [5, 5.41) is 13.5. The zero-order chi connectivity index (χ0) is 13.9. The molecule has 106 valence electrons. The normalized spacial score (nSPS) is 17.2. The van der Waals surface area contributed by atoms with Gasteiger partial charge in [0, 0.05) is 18.5 Å². The summed E-state index contributed by atoms with van der Waals surface area (Å²) in [5.74, 6) is -0.363. The molecular weight excluding hydrogens is 256 g/mol. The Balaban J connectivity index is 1.93. The van der Waals surface area contributed by atoms with E-state index in [1.165, 1.54) is 0 Å². The van der Waals surface area contributed by atoms with Crippen LogP contribution < -0.4 is 5.32 Å². The molecule has 20 heavy (non-hydrogen) atoms. The summed E-state index contributed by atoms with van der Waals surface area (Å²) >= 11 is 0. The van der Waals surface area contributed by atoms with Crippen LogP contribution in [0, 0.1) is 0 Å². The summed E-state index contributed by atoms with van der Waals surface area (Å²) in [4.78, 5) is 13.8. The maximum Gasteiger partial charge on any atom is 0.339 e. The molecule has 0 bridgehead atoms. The van der Waals surface area contributed by atoms with E-state index < -0.39 is 5.97 Å². The molecule has 0 radical (unpaired) electrons. The molecule has 1 aliphatic rings. The van der Waals surface area contributed by atoms with Gasteiger partial charge >= 0.3 is 5.97 Å². The molecule has 2 N–H and O–H groups in total. The Labute approximate surface area is 117 Å². The average Bonchev–Trinajstić information content (AvgIpc) is 2.60. The summed E-state index contributed by atoms with van der Waals surface area (Å²) in [7, 11) is 0. The predicted molar refractivity (Wildman–Crippen MR) is 75.9 cm³/mol. The smallest absolute Gasteiger partial charge is 0.339 e. The molecular formula is C15H18N2O3. The maximum atomic E-state index is 11.5. The molecule has 5 nitrogen and oxygen atoms in total. The third kappa shape index (κ3) is 2.55. The first-order chi connectivity index (χ1) is 9.75. The van der Waals surface area contributed by atoms with Gasteiger partial charge in [0.15, 0.2) is 0 Å². The second kappa shape index (κ2) is 5.64. The van der Waals surface area contributed by atoms with Gasteiger partial charge in [0.05, 0.1) is 6.54 Å². The Kier molecular flexibility index (Phi) is 3.71. The second-order valence-electron chi connectivity index (χ2n) is 5.08. The molecule has 5 heteroatoms. The maximum absolute atomic E-state index is 11.5. The van der Waals surface area contributed by atoms with Crippen molar-refractivity contribution in [1.29, 1.82) is 0 Å². The minimum atomic E-state index is -0.919. The minimum Gasteiger partial charge on any atom is -0.478 e. The number of fused-ring (bicyclic) bond motifs is 1. The number of nitrogens with one attached hydrogen (secondary N) is 1. The lowest BCUT2D eigenvalue weighted by Gasteiger charge is -2.18. The fourth-order valence-electron chi connectivity index (χ4n) is 2.70. The van der Waals surface area contributed by atoms with Crippen LogP contribution in [0.2, 0.25) is 0 Å². The van der Waals surface area contributed by atoms with Crippen molar-refractivity contribution >= 4 is 16.9 Å². The van der Waals surface area contributed by atoms with Crippen molar-refractivity contribution in [2.45, 2.75) is 13.0 Å². The van der Waals surface area contributed by atoms with Gasteiger partial charge in [0.1, 0.15) is 16.9 Å². The number of carboxylic acid groups (broad SMARTS) is 1. The molecule has 1 aliphatic heterocycles. The highest BCUT2D eigenvalue weighted by atomic mass is 16.4. The highest BCUT2D eigenvalue weighted by Gasteiger charge is 2.22. The number of carboxylic acids is 1. The van der Waals surface area contributed by atoms with Gasteiger partial charge < -0.3 is 14.8 Å². The van der Waals surface area contributed by atoms with Crippen LogP contribution in [0.3, 0.4) is 0 Å². The van der Waals surface area contributed by atoms with E-state index in [1.54, 1.807) is 6.07 Å². The molecule has 0 atom stereocenters. The van der Waals surface area contributed by atoms with Gasteiger partial charge in [-0.05, 0) is 25.6 Å². The van der Waals surface area contributed by atoms with E-state index >= 15 is 0 Å². The van der Waals surface area contributed by atoms with Crippen molar-refractivity contribution in [3.8, 4) is 0 Å². The van der Waals surface area contributed by atoms with Crippen molar-refractivity contribution in [3.63, 3.8) is 0 Å². The molecule has 2 aromatic rings. The molecule has 1 aromatic carbocycles. The monoisotopic (exact) mass is 274 g/mol. The lowest BCUT2D eigenvalue weighted by atomic mass is 10.1. The van der Waals surface area contributed by atoms with Crippen molar-refractivity contribution in [2.75, 3.05) is 26.2 Å². The van der Waals surface area contributed by atoms with Gasteiger partial charge in [-0.2, -0.15) is 0 Å². The van der Waals surface area contributed by atoms with Gasteiger partial charge in [-0.1, -0.05) is 18.2 Å². The first-order valence-corrected chi connectivity index (χ1v) is 6.92. The number of para-hydroxylation sites is 1. The minimum absolute atomic E-state index is 0.304. The highest BCUT2D eigenvalue weighted by Crippen LogP contribution is 2.27. The second-order valence-corrected chi connectivity index (χ2v) is 5.08. The molecule has 0 spiro atoms. The van der Waals surface area contributed by atoms with Gasteiger partial charge in [-0.15, -0.1) is 0 Å².